The summed E-state index contributed by atoms with van der Waals surface area (Å²) in [5.74, 6) is -3.44. The van der Waals surface area contributed by atoms with E-state index in [4.69, 9.17) is 14.6 Å². The number of hydrogen-bond acceptors (Lipinski definition) is 3. The van der Waals surface area contributed by atoms with Crippen LogP contribution in [0.2, 0.25) is 0 Å². The summed E-state index contributed by atoms with van der Waals surface area (Å²) in [4.78, 5) is 10.3. The first kappa shape index (κ1) is 17.1. The molecule has 0 fully saturated rings. The second-order valence-corrected chi connectivity index (χ2v) is 4.30. The van der Waals surface area contributed by atoms with Crippen molar-refractivity contribution in [2.75, 3.05) is 19.8 Å². The lowest BCUT2D eigenvalue weighted by Gasteiger charge is -2.09. The van der Waals surface area contributed by atoms with Gasteiger partial charge in [0.2, 0.25) is 0 Å². The van der Waals surface area contributed by atoms with E-state index >= 15 is 0 Å². The molecular formula is C15H18F2O4. The summed E-state index contributed by atoms with van der Waals surface area (Å²) in [5, 5.41) is 8.46. The molecule has 0 saturated heterocycles. The fourth-order valence-electron chi connectivity index (χ4n) is 1.53. The van der Waals surface area contributed by atoms with Gasteiger partial charge in [-0.15, -0.1) is 0 Å². The average molecular weight is 300 g/mol. The second kappa shape index (κ2) is 9.07. The van der Waals surface area contributed by atoms with Gasteiger partial charge in [0.25, 0.3) is 0 Å². The number of carboxylic acid groups (broad SMARTS) is 1. The summed E-state index contributed by atoms with van der Waals surface area (Å²) in [5.41, 5.74) is 0.110. The molecule has 0 aliphatic heterocycles. The summed E-state index contributed by atoms with van der Waals surface area (Å²) in [6.07, 6.45) is 3.84. The first-order valence-corrected chi connectivity index (χ1v) is 6.65. The fraction of sp³-hybridized carbons (Fsp3) is 0.400. The van der Waals surface area contributed by atoms with Crippen molar-refractivity contribution in [3.63, 3.8) is 0 Å². The average Bonchev–Trinajstić information content (AvgIpc) is 2.42. The predicted octanol–water partition coefficient (Wildman–Crippen LogP) is 3.26. The van der Waals surface area contributed by atoms with Crippen LogP contribution in [-0.4, -0.2) is 30.9 Å². The lowest BCUT2D eigenvalue weighted by Crippen LogP contribution is -2.09. The molecule has 0 atom stereocenters. The Bertz CT molecular complexity index is 477. The maximum absolute atomic E-state index is 13.7. The largest absolute Gasteiger partial charge is 0.485 e. The summed E-state index contributed by atoms with van der Waals surface area (Å²) >= 11 is 0. The Hall–Kier alpha value is -1.95. The molecule has 0 bridgehead atoms. The number of carbonyl (C=O) groups is 1. The molecule has 1 aromatic carbocycles. The molecule has 116 valence electrons. The molecule has 0 heterocycles. The van der Waals surface area contributed by atoms with Gasteiger partial charge in [0.05, 0.1) is 6.61 Å². The van der Waals surface area contributed by atoms with Crippen molar-refractivity contribution in [1.82, 2.24) is 0 Å². The van der Waals surface area contributed by atoms with Crippen LogP contribution in [0.15, 0.2) is 18.2 Å². The van der Waals surface area contributed by atoms with Gasteiger partial charge in [-0.2, -0.15) is 0 Å². The highest BCUT2D eigenvalue weighted by Crippen LogP contribution is 2.23. The smallest absolute Gasteiger partial charge is 0.328 e. The first-order valence-electron chi connectivity index (χ1n) is 6.65. The quantitative estimate of drug-likeness (QED) is 0.562. The van der Waals surface area contributed by atoms with Crippen LogP contribution in [0.25, 0.3) is 6.08 Å². The van der Waals surface area contributed by atoms with Crippen molar-refractivity contribution >= 4 is 12.0 Å². The molecule has 0 spiro atoms. The molecule has 1 aromatic rings. The highest BCUT2D eigenvalue weighted by atomic mass is 19.1. The van der Waals surface area contributed by atoms with E-state index in [0.717, 1.165) is 37.1 Å². The monoisotopic (exact) mass is 300 g/mol. The number of aliphatic carboxylic acids is 1. The molecule has 1 N–H and O–H groups in total. The molecular weight excluding hydrogens is 282 g/mol. The minimum Gasteiger partial charge on any atom is -0.485 e. The third kappa shape index (κ3) is 6.35. The van der Waals surface area contributed by atoms with Gasteiger partial charge < -0.3 is 14.6 Å². The van der Waals surface area contributed by atoms with Gasteiger partial charge in [-0.25, -0.2) is 13.6 Å². The molecule has 21 heavy (non-hydrogen) atoms. The van der Waals surface area contributed by atoms with Crippen LogP contribution in [0.3, 0.4) is 0 Å². The number of rotatable bonds is 9. The van der Waals surface area contributed by atoms with Crippen molar-refractivity contribution in [3.05, 3.63) is 35.4 Å². The van der Waals surface area contributed by atoms with Gasteiger partial charge in [0.1, 0.15) is 6.61 Å². The first-order chi connectivity index (χ1) is 10.0. The minimum atomic E-state index is -1.19. The van der Waals surface area contributed by atoms with Gasteiger partial charge in [0.15, 0.2) is 17.4 Å². The Morgan fingerprint density at radius 3 is 2.48 bits per heavy atom. The van der Waals surface area contributed by atoms with E-state index in [9.17, 15) is 13.6 Å². The van der Waals surface area contributed by atoms with Crippen LogP contribution in [0.1, 0.15) is 25.3 Å². The van der Waals surface area contributed by atoms with Gasteiger partial charge in [-0.3, -0.25) is 0 Å². The number of hydrogen-bond donors (Lipinski definition) is 1. The summed E-state index contributed by atoms with van der Waals surface area (Å²) in [6, 6.07) is 2.02. The van der Waals surface area contributed by atoms with Crippen molar-refractivity contribution in [2.45, 2.75) is 19.8 Å². The molecule has 0 unspecified atom stereocenters. The maximum Gasteiger partial charge on any atom is 0.328 e. The Morgan fingerprint density at radius 1 is 1.24 bits per heavy atom. The maximum atomic E-state index is 13.7. The van der Waals surface area contributed by atoms with E-state index in [1.807, 2.05) is 6.92 Å². The molecule has 0 aliphatic carbocycles. The fourth-order valence-corrected chi connectivity index (χ4v) is 1.53. The third-order valence-corrected chi connectivity index (χ3v) is 2.56. The Balaban J connectivity index is 2.57. The lowest BCUT2D eigenvalue weighted by atomic mass is 10.2. The van der Waals surface area contributed by atoms with Crippen LogP contribution in [0.5, 0.6) is 5.75 Å². The van der Waals surface area contributed by atoms with E-state index in [1.165, 1.54) is 0 Å². The van der Waals surface area contributed by atoms with E-state index in [2.05, 4.69) is 0 Å². The highest BCUT2D eigenvalue weighted by Gasteiger charge is 2.12. The standard InChI is InChI=1S/C15H18F2O4/c1-2-3-6-20-7-8-21-15-12(16)9-11(10-13(15)17)4-5-14(18)19/h4-5,9-10H,2-3,6-8H2,1H3,(H,18,19). The topological polar surface area (TPSA) is 55.8 Å². The van der Waals surface area contributed by atoms with Crippen molar-refractivity contribution < 1.29 is 28.2 Å². The molecule has 0 saturated carbocycles. The number of halogens is 2. The van der Waals surface area contributed by atoms with Gasteiger partial charge >= 0.3 is 5.97 Å². The molecule has 4 nitrogen and oxygen atoms in total. The third-order valence-electron chi connectivity index (χ3n) is 2.56. The highest BCUT2D eigenvalue weighted by molar-refractivity contribution is 5.85. The number of carboxylic acids is 1. The van der Waals surface area contributed by atoms with E-state index in [1.54, 1.807) is 0 Å². The Morgan fingerprint density at radius 2 is 1.90 bits per heavy atom. The molecule has 0 amide bonds. The Labute approximate surface area is 122 Å². The normalized spacial score (nSPS) is 11.0. The summed E-state index contributed by atoms with van der Waals surface area (Å²) in [6.45, 7) is 2.91. The molecule has 0 aliphatic rings. The van der Waals surface area contributed by atoms with Crippen LogP contribution < -0.4 is 4.74 Å². The number of ether oxygens (including phenoxy) is 2. The van der Waals surface area contributed by atoms with E-state index < -0.39 is 23.4 Å². The van der Waals surface area contributed by atoms with Crippen molar-refractivity contribution in [2.24, 2.45) is 0 Å². The van der Waals surface area contributed by atoms with Crippen LogP contribution >= 0.6 is 0 Å². The van der Waals surface area contributed by atoms with E-state index in [0.29, 0.717) is 6.61 Å². The van der Waals surface area contributed by atoms with Crippen molar-refractivity contribution in [1.29, 1.82) is 0 Å². The molecule has 6 heteroatoms. The zero-order valence-corrected chi connectivity index (χ0v) is 11.8. The SMILES string of the molecule is CCCCOCCOc1c(F)cc(C=CC(=O)O)cc1F. The molecule has 0 radical (unpaired) electrons. The van der Waals surface area contributed by atoms with Crippen LogP contribution in [-0.2, 0) is 9.53 Å². The second-order valence-electron chi connectivity index (χ2n) is 4.30. The van der Waals surface area contributed by atoms with Crippen molar-refractivity contribution in [3.8, 4) is 5.75 Å². The van der Waals surface area contributed by atoms with Gasteiger partial charge in [-0.1, -0.05) is 13.3 Å². The van der Waals surface area contributed by atoms with E-state index in [-0.39, 0.29) is 18.8 Å². The summed E-state index contributed by atoms with van der Waals surface area (Å²) < 4.78 is 37.6. The minimum absolute atomic E-state index is 0.0435. The van der Waals surface area contributed by atoms with Crippen LogP contribution in [0.4, 0.5) is 8.78 Å². The zero-order chi connectivity index (χ0) is 15.7. The predicted molar refractivity (Wildman–Crippen MR) is 74.2 cm³/mol. The Kier molecular flexibility index (Phi) is 7.39. The lowest BCUT2D eigenvalue weighted by molar-refractivity contribution is -0.131. The summed E-state index contributed by atoms with van der Waals surface area (Å²) in [7, 11) is 0. The number of unbranched alkanes of at least 4 members (excludes halogenated alkanes) is 1. The van der Waals surface area contributed by atoms with Crippen LogP contribution in [0, 0.1) is 11.6 Å². The van der Waals surface area contributed by atoms with Gasteiger partial charge in [-0.05, 0) is 30.2 Å². The van der Waals surface area contributed by atoms with Gasteiger partial charge in [0, 0.05) is 12.7 Å². The number of benzene rings is 1. The zero-order valence-electron chi connectivity index (χ0n) is 11.8. The molecule has 0 aromatic heterocycles. The molecule has 1 rings (SSSR count).